The quantitative estimate of drug-likeness (QED) is 0.606. The Bertz CT molecular complexity index is 924. The van der Waals surface area contributed by atoms with E-state index in [9.17, 15) is 0 Å². The topological polar surface area (TPSA) is 43.9 Å². The molecule has 25 heavy (non-hydrogen) atoms. The minimum absolute atomic E-state index is 0.0203. The summed E-state index contributed by atoms with van der Waals surface area (Å²) in [6, 6.07) is 10.5. The van der Waals surface area contributed by atoms with Gasteiger partial charge >= 0.3 is 0 Å². The van der Waals surface area contributed by atoms with Crippen molar-refractivity contribution in [3.05, 3.63) is 66.8 Å². The molecule has 4 heteroatoms. The Hall–Kier alpha value is -2.62. The third-order valence-corrected chi connectivity index (χ3v) is 6.22. The maximum Gasteiger partial charge on any atom is 0.237 e. The zero-order chi connectivity index (χ0) is 17.7. The van der Waals surface area contributed by atoms with Crippen LogP contribution in [0.3, 0.4) is 0 Å². The highest BCUT2D eigenvalue weighted by atomic mass is 16.5. The SMILES string of the molecule is C=C1C(CC)(c2ccccc2-c2cc(-n3ccnc3)on2)[C@]1(C)CC. The first-order valence-electron chi connectivity index (χ1n) is 8.83. The van der Waals surface area contributed by atoms with Gasteiger partial charge in [0.05, 0.1) is 0 Å². The summed E-state index contributed by atoms with van der Waals surface area (Å²) in [4.78, 5) is 4.06. The first kappa shape index (κ1) is 15.9. The van der Waals surface area contributed by atoms with Crippen LogP contribution in [0, 0.1) is 5.41 Å². The number of nitrogens with zero attached hydrogens (tertiary/aromatic N) is 3. The molecule has 3 aromatic rings. The summed E-state index contributed by atoms with van der Waals surface area (Å²) < 4.78 is 7.36. The van der Waals surface area contributed by atoms with Gasteiger partial charge in [0.15, 0.2) is 0 Å². The molecule has 0 saturated heterocycles. The van der Waals surface area contributed by atoms with Crippen LogP contribution in [0.4, 0.5) is 0 Å². The molecule has 1 unspecified atom stereocenters. The van der Waals surface area contributed by atoms with Gasteiger partial charge in [0, 0.05) is 34.9 Å². The van der Waals surface area contributed by atoms with Crippen LogP contribution < -0.4 is 0 Å². The summed E-state index contributed by atoms with van der Waals surface area (Å²) in [5.74, 6) is 0.667. The fraction of sp³-hybridized carbons (Fsp3) is 0.333. The number of rotatable bonds is 5. The van der Waals surface area contributed by atoms with Gasteiger partial charge in [-0.15, -0.1) is 0 Å². The molecule has 1 saturated carbocycles. The van der Waals surface area contributed by atoms with E-state index in [4.69, 9.17) is 4.52 Å². The summed E-state index contributed by atoms with van der Waals surface area (Å²) in [5, 5.41) is 4.32. The van der Waals surface area contributed by atoms with Crippen LogP contribution in [-0.2, 0) is 5.41 Å². The maximum atomic E-state index is 5.54. The van der Waals surface area contributed by atoms with Crippen LogP contribution in [0.15, 0.2) is 65.7 Å². The second-order valence-corrected chi connectivity index (χ2v) is 6.99. The van der Waals surface area contributed by atoms with E-state index < -0.39 is 0 Å². The Morgan fingerprint density at radius 2 is 2.00 bits per heavy atom. The number of aromatic nitrogens is 3. The lowest BCUT2D eigenvalue weighted by Crippen LogP contribution is -2.16. The van der Waals surface area contributed by atoms with E-state index in [1.54, 1.807) is 12.5 Å². The standard InChI is InChI=1S/C21H23N3O/c1-5-20(4)15(3)21(20,6-2)17-10-8-7-9-16(17)18-13-19(25-23-18)24-12-11-22-14-24/h7-14H,3,5-6H2,1-2,4H3/t20-,21?/m1/s1. The van der Waals surface area contributed by atoms with Crippen LogP contribution in [0.5, 0.6) is 0 Å². The predicted molar refractivity (Wildman–Crippen MR) is 98.6 cm³/mol. The highest BCUT2D eigenvalue weighted by Crippen LogP contribution is 2.72. The molecule has 1 aliphatic rings. The summed E-state index contributed by atoms with van der Waals surface area (Å²) >= 11 is 0. The van der Waals surface area contributed by atoms with Crippen LogP contribution in [0.2, 0.25) is 0 Å². The van der Waals surface area contributed by atoms with E-state index in [1.807, 2.05) is 16.8 Å². The fourth-order valence-electron chi connectivity index (χ4n) is 4.49. The van der Waals surface area contributed by atoms with Gasteiger partial charge in [-0.05, 0) is 18.4 Å². The van der Waals surface area contributed by atoms with Crippen molar-refractivity contribution in [1.29, 1.82) is 0 Å². The Labute approximate surface area is 148 Å². The van der Waals surface area contributed by atoms with Crippen LogP contribution in [0.25, 0.3) is 17.1 Å². The van der Waals surface area contributed by atoms with Crippen molar-refractivity contribution in [3.63, 3.8) is 0 Å². The monoisotopic (exact) mass is 333 g/mol. The molecule has 1 aliphatic carbocycles. The van der Waals surface area contributed by atoms with E-state index in [1.165, 1.54) is 11.1 Å². The first-order valence-corrected chi connectivity index (χ1v) is 8.83. The van der Waals surface area contributed by atoms with Gasteiger partial charge in [-0.3, -0.25) is 4.57 Å². The van der Waals surface area contributed by atoms with E-state index in [0.29, 0.717) is 5.88 Å². The number of benzene rings is 1. The van der Waals surface area contributed by atoms with Gasteiger partial charge in [-0.25, -0.2) is 4.98 Å². The van der Waals surface area contributed by atoms with Gasteiger partial charge < -0.3 is 4.52 Å². The molecule has 0 radical (unpaired) electrons. The molecule has 2 aromatic heterocycles. The van der Waals surface area contributed by atoms with Crippen molar-refractivity contribution in [1.82, 2.24) is 14.7 Å². The van der Waals surface area contributed by atoms with E-state index in [0.717, 1.165) is 24.1 Å². The smallest absolute Gasteiger partial charge is 0.237 e. The average molecular weight is 333 g/mol. The predicted octanol–water partition coefficient (Wildman–Crippen LogP) is 5.16. The second kappa shape index (κ2) is 5.45. The van der Waals surface area contributed by atoms with Crippen molar-refractivity contribution >= 4 is 0 Å². The number of hydrogen-bond donors (Lipinski definition) is 0. The summed E-state index contributed by atoms with van der Waals surface area (Å²) in [7, 11) is 0. The molecule has 0 amide bonds. The van der Waals surface area contributed by atoms with Crippen LogP contribution in [-0.4, -0.2) is 14.7 Å². The molecule has 0 aliphatic heterocycles. The molecule has 0 N–H and O–H groups in total. The highest BCUT2D eigenvalue weighted by Gasteiger charge is 2.67. The summed E-state index contributed by atoms with van der Waals surface area (Å²) in [5.41, 5.74) is 4.78. The second-order valence-electron chi connectivity index (χ2n) is 6.99. The zero-order valence-electron chi connectivity index (χ0n) is 15.0. The Balaban J connectivity index is 1.83. The van der Waals surface area contributed by atoms with Gasteiger partial charge in [0.1, 0.15) is 12.0 Å². The molecule has 4 nitrogen and oxygen atoms in total. The fourth-order valence-corrected chi connectivity index (χ4v) is 4.49. The van der Waals surface area contributed by atoms with Crippen molar-refractivity contribution in [2.75, 3.05) is 0 Å². The van der Waals surface area contributed by atoms with Crippen molar-refractivity contribution in [2.24, 2.45) is 5.41 Å². The Morgan fingerprint density at radius 3 is 2.64 bits per heavy atom. The van der Waals surface area contributed by atoms with E-state index in [2.05, 4.69) is 61.8 Å². The third kappa shape index (κ3) is 2.00. The molecule has 128 valence electrons. The third-order valence-electron chi connectivity index (χ3n) is 6.22. The first-order chi connectivity index (χ1) is 12.1. The van der Waals surface area contributed by atoms with E-state index in [-0.39, 0.29) is 10.8 Å². The minimum Gasteiger partial charge on any atom is -0.337 e. The number of imidazole rings is 1. The molecule has 2 heterocycles. The van der Waals surface area contributed by atoms with Gasteiger partial charge in [-0.2, -0.15) is 0 Å². The zero-order valence-corrected chi connectivity index (χ0v) is 15.0. The van der Waals surface area contributed by atoms with Crippen molar-refractivity contribution in [2.45, 2.75) is 39.0 Å². The Morgan fingerprint density at radius 1 is 1.20 bits per heavy atom. The molecule has 1 aromatic carbocycles. The lowest BCUT2D eigenvalue weighted by Gasteiger charge is -2.22. The van der Waals surface area contributed by atoms with Crippen molar-refractivity contribution < 1.29 is 4.52 Å². The number of allylic oxidation sites excluding steroid dienone is 1. The van der Waals surface area contributed by atoms with Gasteiger partial charge in [0.2, 0.25) is 5.88 Å². The van der Waals surface area contributed by atoms with Crippen LogP contribution in [0.1, 0.15) is 39.2 Å². The molecular formula is C21H23N3O. The Kier molecular flexibility index (Phi) is 3.46. The summed E-state index contributed by atoms with van der Waals surface area (Å²) in [6.45, 7) is 11.2. The summed E-state index contributed by atoms with van der Waals surface area (Å²) in [6.07, 6.45) is 7.41. The van der Waals surface area contributed by atoms with E-state index >= 15 is 0 Å². The lowest BCUT2D eigenvalue weighted by atomic mass is 9.80. The molecule has 1 fully saturated rings. The molecule has 0 spiro atoms. The minimum atomic E-state index is 0.0203. The van der Waals surface area contributed by atoms with Gasteiger partial charge in [-0.1, -0.05) is 62.3 Å². The largest absolute Gasteiger partial charge is 0.337 e. The molecule has 0 bridgehead atoms. The van der Waals surface area contributed by atoms with Crippen LogP contribution >= 0.6 is 0 Å². The molecular weight excluding hydrogens is 310 g/mol. The van der Waals surface area contributed by atoms with Crippen molar-refractivity contribution in [3.8, 4) is 17.1 Å². The molecule has 4 rings (SSSR count). The lowest BCUT2D eigenvalue weighted by molar-refractivity contribution is 0.407. The normalized spacial score (nSPS) is 25.3. The molecule has 2 atom stereocenters. The van der Waals surface area contributed by atoms with Gasteiger partial charge in [0.25, 0.3) is 0 Å². The average Bonchev–Trinajstić information content (AvgIpc) is 3.17. The number of hydrogen-bond acceptors (Lipinski definition) is 3. The highest BCUT2D eigenvalue weighted by molar-refractivity contribution is 5.72. The maximum absolute atomic E-state index is 5.54.